The van der Waals surface area contributed by atoms with Gasteiger partial charge in [-0.3, -0.25) is 0 Å². The highest BCUT2D eigenvalue weighted by atomic mass is 32.2. The molecule has 15 heavy (non-hydrogen) atoms. The summed E-state index contributed by atoms with van der Waals surface area (Å²) in [5.74, 6) is 3.32. The Morgan fingerprint density at radius 2 is 2.13 bits per heavy atom. The van der Waals surface area contributed by atoms with E-state index in [1.54, 1.807) is 0 Å². The zero-order valence-corrected chi connectivity index (χ0v) is 10.7. The van der Waals surface area contributed by atoms with E-state index in [9.17, 15) is 0 Å². The number of hydrogen-bond donors (Lipinski definition) is 2. The van der Waals surface area contributed by atoms with Crippen molar-refractivity contribution in [2.45, 2.75) is 45.1 Å². The fraction of sp³-hybridized carbons (Fsp3) is 1.00. The molecule has 1 rings (SSSR count). The van der Waals surface area contributed by atoms with Crippen molar-refractivity contribution in [2.75, 3.05) is 24.7 Å². The van der Waals surface area contributed by atoms with Crippen LogP contribution >= 0.6 is 11.8 Å². The highest BCUT2D eigenvalue weighted by Crippen LogP contribution is 2.27. The van der Waals surface area contributed by atoms with Gasteiger partial charge in [-0.2, -0.15) is 11.8 Å². The van der Waals surface area contributed by atoms with Crippen molar-refractivity contribution in [3.05, 3.63) is 0 Å². The van der Waals surface area contributed by atoms with Gasteiger partial charge in [0, 0.05) is 11.8 Å². The van der Waals surface area contributed by atoms with Crippen LogP contribution in [-0.4, -0.2) is 35.8 Å². The lowest BCUT2D eigenvalue weighted by molar-refractivity contribution is 0.254. The SMILES string of the molecule is CCCNC(CO)CSCC1CCCC1. The molecule has 2 N–H and O–H groups in total. The van der Waals surface area contributed by atoms with Crippen LogP contribution in [0.3, 0.4) is 0 Å². The van der Waals surface area contributed by atoms with Crippen LogP contribution in [-0.2, 0) is 0 Å². The van der Waals surface area contributed by atoms with Crippen LogP contribution in [0.15, 0.2) is 0 Å². The fourth-order valence-electron chi connectivity index (χ4n) is 2.08. The van der Waals surface area contributed by atoms with Crippen molar-refractivity contribution in [3.63, 3.8) is 0 Å². The van der Waals surface area contributed by atoms with Gasteiger partial charge in [-0.25, -0.2) is 0 Å². The Hall–Kier alpha value is 0.270. The monoisotopic (exact) mass is 231 g/mol. The fourth-order valence-corrected chi connectivity index (χ4v) is 3.39. The summed E-state index contributed by atoms with van der Waals surface area (Å²) in [6, 6.07) is 0.302. The van der Waals surface area contributed by atoms with E-state index in [1.807, 2.05) is 11.8 Å². The molecule has 1 aliphatic carbocycles. The predicted octanol–water partition coefficient (Wildman–Crippen LogP) is 2.27. The third-order valence-electron chi connectivity index (χ3n) is 3.05. The topological polar surface area (TPSA) is 32.3 Å². The van der Waals surface area contributed by atoms with Crippen molar-refractivity contribution >= 4 is 11.8 Å². The summed E-state index contributed by atoms with van der Waals surface area (Å²) in [5, 5.41) is 12.5. The van der Waals surface area contributed by atoms with Crippen molar-refractivity contribution in [2.24, 2.45) is 5.92 Å². The number of thioether (sulfide) groups is 1. The molecule has 0 saturated heterocycles. The van der Waals surface area contributed by atoms with Crippen molar-refractivity contribution in [1.82, 2.24) is 5.32 Å². The first kappa shape index (κ1) is 13.3. The van der Waals surface area contributed by atoms with Crippen LogP contribution in [0.25, 0.3) is 0 Å². The molecular weight excluding hydrogens is 206 g/mol. The number of hydrogen-bond acceptors (Lipinski definition) is 3. The van der Waals surface area contributed by atoms with Crippen molar-refractivity contribution in [3.8, 4) is 0 Å². The van der Waals surface area contributed by atoms with E-state index in [4.69, 9.17) is 5.11 Å². The normalized spacial score (nSPS) is 19.6. The molecule has 90 valence electrons. The third-order valence-corrected chi connectivity index (χ3v) is 4.40. The van der Waals surface area contributed by atoms with Gasteiger partial charge < -0.3 is 10.4 Å². The van der Waals surface area contributed by atoms with Gasteiger partial charge in [0.1, 0.15) is 0 Å². The number of aliphatic hydroxyl groups is 1. The van der Waals surface area contributed by atoms with E-state index in [0.717, 1.165) is 24.6 Å². The average molecular weight is 231 g/mol. The zero-order valence-electron chi connectivity index (χ0n) is 9.87. The van der Waals surface area contributed by atoms with Crippen LogP contribution in [0.4, 0.5) is 0 Å². The van der Waals surface area contributed by atoms with Crippen LogP contribution in [0.5, 0.6) is 0 Å². The smallest absolute Gasteiger partial charge is 0.0592 e. The predicted molar refractivity (Wildman–Crippen MR) is 68.5 cm³/mol. The number of aliphatic hydroxyl groups excluding tert-OH is 1. The summed E-state index contributed by atoms with van der Waals surface area (Å²) >= 11 is 2.01. The molecule has 0 bridgehead atoms. The quantitative estimate of drug-likeness (QED) is 0.672. The van der Waals surface area contributed by atoms with Gasteiger partial charge in [0.15, 0.2) is 0 Å². The molecule has 2 nitrogen and oxygen atoms in total. The standard InChI is InChI=1S/C12H25NOS/c1-2-7-13-12(8-14)10-15-9-11-5-3-4-6-11/h11-14H,2-10H2,1H3. The Kier molecular flexibility index (Phi) is 7.49. The van der Waals surface area contributed by atoms with Crippen LogP contribution in [0, 0.1) is 5.92 Å². The Balaban J connectivity index is 2.00. The second-order valence-electron chi connectivity index (χ2n) is 4.52. The molecule has 1 aliphatic rings. The molecule has 0 amide bonds. The lowest BCUT2D eigenvalue weighted by Crippen LogP contribution is -2.35. The van der Waals surface area contributed by atoms with E-state index in [0.29, 0.717) is 6.04 Å². The molecule has 0 heterocycles. The lowest BCUT2D eigenvalue weighted by atomic mass is 10.1. The van der Waals surface area contributed by atoms with Gasteiger partial charge in [-0.05, 0) is 37.5 Å². The van der Waals surface area contributed by atoms with Gasteiger partial charge in [-0.1, -0.05) is 19.8 Å². The van der Waals surface area contributed by atoms with Crippen LogP contribution in [0.1, 0.15) is 39.0 Å². The van der Waals surface area contributed by atoms with Gasteiger partial charge in [0.05, 0.1) is 6.61 Å². The number of rotatable bonds is 8. The Morgan fingerprint density at radius 3 is 2.73 bits per heavy atom. The Bertz CT molecular complexity index is 149. The van der Waals surface area contributed by atoms with Crippen molar-refractivity contribution in [1.29, 1.82) is 0 Å². The molecule has 3 heteroatoms. The molecule has 1 atom stereocenters. The van der Waals surface area contributed by atoms with E-state index < -0.39 is 0 Å². The second kappa shape index (κ2) is 8.43. The average Bonchev–Trinajstić information content (AvgIpc) is 2.76. The maximum Gasteiger partial charge on any atom is 0.0592 e. The van der Waals surface area contributed by atoms with E-state index in [-0.39, 0.29) is 6.61 Å². The first-order valence-electron chi connectivity index (χ1n) is 6.28. The summed E-state index contributed by atoms with van der Waals surface area (Å²) in [5.41, 5.74) is 0. The maximum absolute atomic E-state index is 9.17. The first-order valence-corrected chi connectivity index (χ1v) is 7.44. The molecule has 0 spiro atoms. The van der Waals surface area contributed by atoms with Crippen LogP contribution in [0.2, 0.25) is 0 Å². The zero-order chi connectivity index (χ0) is 10.9. The summed E-state index contributed by atoms with van der Waals surface area (Å²) in [6.07, 6.45) is 6.87. The van der Waals surface area contributed by atoms with E-state index in [2.05, 4.69) is 12.2 Å². The molecule has 0 aromatic rings. The summed E-state index contributed by atoms with van der Waals surface area (Å²) < 4.78 is 0. The highest BCUT2D eigenvalue weighted by molar-refractivity contribution is 7.99. The minimum atomic E-state index is 0.275. The molecule has 1 saturated carbocycles. The van der Waals surface area contributed by atoms with Gasteiger partial charge in [-0.15, -0.1) is 0 Å². The lowest BCUT2D eigenvalue weighted by Gasteiger charge is -2.16. The summed E-state index contributed by atoms with van der Waals surface area (Å²) in [4.78, 5) is 0. The number of nitrogens with one attached hydrogen (secondary N) is 1. The maximum atomic E-state index is 9.17. The molecule has 1 fully saturated rings. The molecule has 0 aromatic heterocycles. The molecule has 1 unspecified atom stereocenters. The minimum absolute atomic E-state index is 0.275. The molecule has 0 radical (unpaired) electrons. The van der Waals surface area contributed by atoms with Crippen LogP contribution < -0.4 is 5.32 Å². The van der Waals surface area contributed by atoms with E-state index >= 15 is 0 Å². The Labute approximate surface area is 98.2 Å². The van der Waals surface area contributed by atoms with Gasteiger partial charge in [0.2, 0.25) is 0 Å². The van der Waals surface area contributed by atoms with Gasteiger partial charge >= 0.3 is 0 Å². The van der Waals surface area contributed by atoms with Crippen molar-refractivity contribution < 1.29 is 5.11 Å². The first-order chi connectivity index (χ1) is 7.36. The Morgan fingerprint density at radius 1 is 1.40 bits per heavy atom. The molecule has 0 aliphatic heterocycles. The van der Waals surface area contributed by atoms with E-state index in [1.165, 1.54) is 31.4 Å². The third kappa shape index (κ3) is 5.79. The molecule has 0 aromatic carbocycles. The summed E-state index contributed by atoms with van der Waals surface area (Å²) in [7, 11) is 0. The minimum Gasteiger partial charge on any atom is -0.395 e. The molecular formula is C12H25NOS. The second-order valence-corrected chi connectivity index (χ2v) is 5.60. The summed E-state index contributed by atoms with van der Waals surface area (Å²) in [6.45, 7) is 3.46. The van der Waals surface area contributed by atoms with Gasteiger partial charge in [0.25, 0.3) is 0 Å². The largest absolute Gasteiger partial charge is 0.395 e. The highest BCUT2D eigenvalue weighted by Gasteiger charge is 2.15.